The first-order chi connectivity index (χ1) is 15.0. The number of aromatic nitrogens is 1. The second kappa shape index (κ2) is 8.21. The van der Waals surface area contributed by atoms with E-state index in [1.165, 1.54) is 42.6 Å². The number of carbonyl (C=O) groups excluding carboxylic acids is 1. The lowest BCUT2D eigenvalue weighted by Gasteiger charge is -2.51. The molecule has 1 aliphatic carbocycles. The molecular formula is C25H34N4OS. The van der Waals surface area contributed by atoms with E-state index >= 15 is 0 Å². The zero-order valence-electron chi connectivity index (χ0n) is 18.9. The molecule has 1 amide bonds. The standard InChI is InChI=1S/C25H34N4OS/c1-4-26-24-27-16(2)22(31-24)23(30)29-19(14-17-10-6-5-7-11-17)18-15-25(3)20(28-18)12-8-9-13-21(25)29/h5-7,10-11,18-21,28H,4,8-9,12-15H2,1-3H3,(H,26,27)/t18-,19-,20-,21+,25-/m0/s1. The average molecular weight is 439 g/mol. The molecule has 0 radical (unpaired) electrons. The summed E-state index contributed by atoms with van der Waals surface area (Å²) in [5.74, 6) is 0.186. The third-order valence-electron chi connectivity index (χ3n) is 7.85. The largest absolute Gasteiger partial charge is 0.362 e. The van der Waals surface area contributed by atoms with Crippen molar-refractivity contribution in [3.8, 4) is 0 Å². The van der Waals surface area contributed by atoms with E-state index in [1.807, 2.05) is 6.92 Å². The van der Waals surface area contributed by atoms with Gasteiger partial charge in [0.2, 0.25) is 0 Å². The van der Waals surface area contributed by atoms with Crippen LogP contribution in [0, 0.1) is 12.3 Å². The molecule has 1 aromatic carbocycles. The fourth-order valence-corrected chi connectivity index (χ4v) is 7.36. The van der Waals surface area contributed by atoms with Crippen molar-refractivity contribution < 1.29 is 4.79 Å². The topological polar surface area (TPSA) is 57.3 Å². The minimum Gasteiger partial charge on any atom is -0.362 e. The van der Waals surface area contributed by atoms with Crippen LogP contribution in [0.15, 0.2) is 30.3 Å². The van der Waals surface area contributed by atoms with E-state index in [0.717, 1.165) is 35.1 Å². The number of carbonyl (C=O) groups is 1. The molecule has 1 aromatic heterocycles. The first kappa shape index (κ1) is 21.0. The smallest absolute Gasteiger partial charge is 0.266 e. The monoisotopic (exact) mass is 438 g/mol. The van der Waals surface area contributed by atoms with Gasteiger partial charge >= 0.3 is 0 Å². The predicted molar refractivity (Wildman–Crippen MR) is 127 cm³/mol. The molecule has 2 N–H and O–H groups in total. The molecule has 2 saturated heterocycles. The number of nitrogens with one attached hydrogen (secondary N) is 2. The highest BCUT2D eigenvalue weighted by atomic mass is 32.1. The molecule has 5 nitrogen and oxygen atoms in total. The summed E-state index contributed by atoms with van der Waals surface area (Å²) in [6, 6.07) is 12.0. The highest BCUT2D eigenvalue weighted by molar-refractivity contribution is 7.17. The highest BCUT2D eigenvalue weighted by Crippen LogP contribution is 2.52. The van der Waals surface area contributed by atoms with Crippen molar-refractivity contribution in [1.29, 1.82) is 0 Å². The number of amides is 1. The molecule has 2 bridgehead atoms. The van der Waals surface area contributed by atoms with Crippen LogP contribution in [0.2, 0.25) is 0 Å². The first-order valence-corrected chi connectivity index (χ1v) is 12.7. The molecule has 3 fully saturated rings. The fourth-order valence-electron chi connectivity index (χ4n) is 6.38. The number of thiazole rings is 1. The highest BCUT2D eigenvalue weighted by Gasteiger charge is 2.59. The molecule has 0 unspecified atom stereocenters. The zero-order chi connectivity index (χ0) is 21.6. The summed E-state index contributed by atoms with van der Waals surface area (Å²) in [6.07, 6.45) is 6.88. The van der Waals surface area contributed by atoms with Crippen LogP contribution in [0.25, 0.3) is 0 Å². The Morgan fingerprint density at radius 1 is 1.29 bits per heavy atom. The predicted octanol–water partition coefficient (Wildman–Crippen LogP) is 4.63. The van der Waals surface area contributed by atoms with Crippen molar-refractivity contribution in [2.24, 2.45) is 5.41 Å². The van der Waals surface area contributed by atoms with Crippen LogP contribution in [0.4, 0.5) is 5.13 Å². The molecule has 6 heteroatoms. The number of hydrogen-bond acceptors (Lipinski definition) is 5. The molecule has 5 rings (SSSR count). The van der Waals surface area contributed by atoms with Gasteiger partial charge in [-0.15, -0.1) is 0 Å². The average Bonchev–Trinajstić information content (AvgIpc) is 3.22. The van der Waals surface area contributed by atoms with Crippen LogP contribution >= 0.6 is 11.3 Å². The van der Waals surface area contributed by atoms with Gasteiger partial charge in [0, 0.05) is 30.1 Å². The van der Waals surface area contributed by atoms with Crippen molar-refractivity contribution in [2.75, 3.05) is 11.9 Å². The summed E-state index contributed by atoms with van der Waals surface area (Å²) >= 11 is 1.52. The molecule has 5 atom stereocenters. The number of hydrogen-bond donors (Lipinski definition) is 2. The normalized spacial score (nSPS) is 32.0. The summed E-state index contributed by atoms with van der Waals surface area (Å²) in [7, 11) is 0. The van der Waals surface area contributed by atoms with Gasteiger partial charge in [-0.2, -0.15) is 0 Å². The van der Waals surface area contributed by atoms with Gasteiger partial charge in [-0.25, -0.2) is 4.98 Å². The van der Waals surface area contributed by atoms with E-state index < -0.39 is 0 Å². The summed E-state index contributed by atoms with van der Waals surface area (Å²) < 4.78 is 0. The number of likely N-dealkylation sites (tertiary alicyclic amines) is 1. The van der Waals surface area contributed by atoms with Crippen molar-refractivity contribution in [2.45, 2.75) is 83.5 Å². The SMILES string of the molecule is CCNc1nc(C)c(C(=O)N2[C@@H](Cc3ccccc3)[C@@H]3C[C@@]4(C)[C@H](CCCC[C@@H]24)N3)s1. The van der Waals surface area contributed by atoms with Gasteiger partial charge in [-0.1, -0.05) is 61.4 Å². The summed E-state index contributed by atoms with van der Waals surface area (Å²) in [4.78, 5) is 21.9. The molecule has 1 saturated carbocycles. The maximum atomic E-state index is 14.2. The summed E-state index contributed by atoms with van der Waals surface area (Å²) in [5, 5.41) is 8.14. The van der Waals surface area contributed by atoms with E-state index in [-0.39, 0.29) is 23.4 Å². The Balaban J connectivity index is 1.55. The molecular weight excluding hydrogens is 404 g/mol. The fraction of sp³-hybridized carbons (Fsp3) is 0.600. The van der Waals surface area contributed by atoms with Crippen LogP contribution in [-0.2, 0) is 6.42 Å². The Bertz CT molecular complexity index is 944. The van der Waals surface area contributed by atoms with Crippen LogP contribution in [0.1, 0.15) is 66.9 Å². The second-order valence-corrected chi connectivity index (χ2v) is 10.8. The van der Waals surface area contributed by atoms with Gasteiger partial charge < -0.3 is 15.5 Å². The Kier molecular flexibility index (Phi) is 5.55. The van der Waals surface area contributed by atoms with Crippen LogP contribution in [0.3, 0.4) is 0 Å². The number of anilines is 1. The van der Waals surface area contributed by atoms with Crippen LogP contribution in [0.5, 0.6) is 0 Å². The molecule has 31 heavy (non-hydrogen) atoms. The lowest BCUT2D eigenvalue weighted by molar-refractivity contribution is 0.00344. The van der Waals surface area contributed by atoms with Crippen molar-refractivity contribution >= 4 is 22.4 Å². The van der Waals surface area contributed by atoms with Crippen LogP contribution in [-0.4, -0.2) is 46.5 Å². The zero-order valence-corrected chi connectivity index (χ0v) is 19.7. The molecule has 3 heterocycles. The number of fused-ring (bicyclic) bond motifs is 1. The van der Waals surface area contributed by atoms with E-state index in [2.05, 4.69) is 64.7 Å². The molecule has 2 aliphatic heterocycles. The quantitative estimate of drug-likeness (QED) is 0.715. The Morgan fingerprint density at radius 2 is 2.06 bits per heavy atom. The van der Waals surface area contributed by atoms with Gasteiger partial charge in [0.1, 0.15) is 4.88 Å². The van der Waals surface area contributed by atoms with Gasteiger partial charge in [0.25, 0.3) is 5.91 Å². The first-order valence-electron chi connectivity index (χ1n) is 11.8. The third kappa shape index (κ3) is 3.58. The van der Waals surface area contributed by atoms with E-state index in [0.29, 0.717) is 12.1 Å². The number of piperidine rings is 1. The molecule has 3 aliphatic rings. The number of rotatable bonds is 5. The Hall–Kier alpha value is -1.92. The minimum atomic E-state index is 0.160. The van der Waals surface area contributed by atoms with E-state index in [9.17, 15) is 4.79 Å². The summed E-state index contributed by atoms with van der Waals surface area (Å²) in [6.45, 7) is 7.29. The Morgan fingerprint density at radius 3 is 2.84 bits per heavy atom. The number of aryl methyl sites for hydroxylation is 1. The van der Waals surface area contributed by atoms with Gasteiger partial charge in [-0.05, 0) is 45.1 Å². The maximum absolute atomic E-state index is 14.2. The molecule has 166 valence electrons. The lowest BCUT2D eigenvalue weighted by atomic mass is 9.69. The third-order valence-corrected chi connectivity index (χ3v) is 8.95. The minimum absolute atomic E-state index is 0.160. The second-order valence-electron chi connectivity index (χ2n) is 9.77. The molecule has 0 spiro atoms. The van der Waals surface area contributed by atoms with Gasteiger partial charge in [0.15, 0.2) is 5.13 Å². The van der Waals surface area contributed by atoms with E-state index in [1.54, 1.807) is 0 Å². The van der Waals surface area contributed by atoms with Crippen molar-refractivity contribution in [1.82, 2.24) is 15.2 Å². The van der Waals surface area contributed by atoms with Crippen molar-refractivity contribution in [3.05, 3.63) is 46.5 Å². The van der Waals surface area contributed by atoms with E-state index in [4.69, 9.17) is 0 Å². The van der Waals surface area contributed by atoms with Gasteiger partial charge in [-0.3, -0.25) is 4.79 Å². The lowest BCUT2D eigenvalue weighted by Crippen LogP contribution is -2.61. The van der Waals surface area contributed by atoms with Crippen molar-refractivity contribution in [3.63, 3.8) is 0 Å². The Labute approximate surface area is 189 Å². The maximum Gasteiger partial charge on any atom is 0.266 e. The van der Waals surface area contributed by atoms with Gasteiger partial charge in [0.05, 0.1) is 11.7 Å². The number of benzene rings is 1. The number of nitrogens with zero attached hydrogens (tertiary/aromatic N) is 2. The molecule has 2 aromatic rings. The van der Waals surface area contributed by atoms with Crippen LogP contribution < -0.4 is 10.6 Å². The summed E-state index contributed by atoms with van der Waals surface area (Å²) in [5.41, 5.74) is 2.32.